The maximum Gasteiger partial charge on any atom is 0.409 e. The van der Waals surface area contributed by atoms with Crippen LogP contribution in [0.15, 0.2) is 16.3 Å². The summed E-state index contributed by atoms with van der Waals surface area (Å²) in [7, 11) is -2.30. The molecule has 2 fully saturated rings. The minimum absolute atomic E-state index is 0.214. The van der Waals surface area contributed by atoms with E-state index in [0.717, 1.165) is 56.3 Å². The summed E-state index contributed by atoms with van der Waals surface area (Å²) >= 11 is 6.98. The van der Waals surface area contributed by atoms with Crippen LogP contribution in [0.2, 0.25) is 4.34 Å². The van der Waals surface area contributed by atoms with Gasteiger partial charge >= 0.3 is 6.09 Å². The number of nitrogens with zero attached hydrogens (tertiary/aromatic N) is 1. The number of rotatable bonds is 7. The highest BCUT2D eigenvalue weighted by molar-refractivity contribution is 7.91. The number of nitrogens with one attached hydrogen (secondary N) is 1. The van der Waals surface area contributed by atoms with E-state index in [1.54, 1.807) is 11.0 Å². The van der Waals surface area contributed by atoms with Crippen LogP contribution in [0.1, 0.15) is 51.9 Å². The van der Waals surface area contributed by atoms with Gasteiger partial charge in [0.2, 0.25) is 10.0 Å². The van der Waals surface area contributed by atoms with Crippen molar-refractivity contribution >= 4 is 39.1 Å². The number of carbonyl (C=O) groups is 1. The van der Waals surface area contributed by atoms with Crippen LogP contribution in [0.25, 0.3) is 0 Å². The van der Waals surface area contributed by atoms with Gasteiger partial charge in [0, 0.05) is 12.6 Å². The Labute approximate surface area is 170 Å². The summed E-state index contributed by atoms with van der Waals surface area (Å²) in [4.78, 5) is 14.4. The van der Waals surface area contributed by atoms with Crippen LogP contribution in [-0.4, -0.2) is 44.6 Å². The maximum atomic E-state index is 13.0. The number of hydrogen-bond donors (Lipinski definition) is 1. The first-order valence-electron chi connectivity index (χ1n) is 9.47. The second-order valence-electron chi connectivity index (χ2n) is 7.43. The van der Waals surface area contributed by atoms with E-state index in [1.165, 1.54) is 13.2 Å². The van der Waals surface area contributed by atoms with Crippen LogP contribution in [0.5, 0.6) is 0 Å². The molecule has 0 aromatic carbocycles. The Kier molecular flexibility index (Phi) is 6.40. The summed E-state index contributed by atoms with van der Waals surface area (Å²) in [6.45, 7) is 2.66. The van der Waals surface area contributed by atoms with Crippen molar-refractivity contribution in [3.8, 4) is 0 Å². The van der Waals surface area contributed by atoms with E-state index in [1.807, 2.05) is 0 Å². The zero-order valence-electron chi connectivity index (χ0n) is 15.7. The molecule has 6 nitrogen and oxygen atoms in total. The van der Waals surface area contributed by atoms with E-state index in [4.69, 9.17) is 16.3 Å². The monoisotopic (exact) mass is 434 g/mol. The smallest absolute Gasteiger partial charge is 0.409 e. The summed E-state index contributed by atoms with van der Waals surface area (Å²) < 4.78 is 34.6. The summed E-state index contributed by atoms with van der Waals surface area (Å²) in [6.07, 6.45) is 5.93. The lowest BCUT2D eigenvalue weighted by molar-refractivity contribution is 0.0314. The van der Waals surface area contributed by atoms with E-state index >= 15 is 0 Å². The van der Waals surface area contributed by atoms with Crippen molar-refractivity contribution in [2.45, 2.75) is 67.7 Å². The van der Waals surface area contributed by atoms with Crippen LogP contribution < -0.4 is 4.72 Å². The van der Waals surface area contributed by atoms with Gasteiger partial charge in [-0.3, -0.25) is 0 Å². The molecule has 27 heavy (non-hydrogen) atoms. The van der Waals surface area contributed by atoms with Gasteiger partial charge in [-0.2, -0.15) is 0 Å². The summed E-state index contributed by atoms with van der Waals surface area (Å²) in [6, 6.07) is 2.82. The van der Waals surface area contributed by atoms with Crippen molar-refractivity contribution in [1.29, 1.82) is 0 Å². The minimum Gasteiger partial charge on any atom is -0.453 e. The van der Waals surface area contributed by atoms with E-state index in [0.29, 0.717) is 10.9 Å². The molecule has 152 valence electrons. The molecular formula is C18H27ClN2O4S2. The SMILES string of the molecule is CCCCN(C(=O)OC)[C@@]12CCC[C@@H](CC1)[C@@H]2NS(=O)(=O)c1ccc(Cl)s1. The second kappa shape index (κ2) is 8.27. The molecule has 1 heterocycles. The highest BCUT2D eigenvalue weighted by atomic mass is 35.5. The van der Waals surface area contributed by atoms with Gasteiger partial charge in [-0.25, -0.2) is 17.9 Å². The van der Waals surface area contributed by atoms with E-state index in [9.17, 15) is 13.2 Å². The Balaban J connectivity index is 1.93. The van der Waals surface area contributed by atoms with Gasteiger partial charge in [0.15, 0.2) is 0 Å². The lowest BCUT2D eigenvalue weighted by Gasteiger charge is -2.48. The predicted molar refractivity (Wildman–Crippen MR) is 107 cm³/mol. The highest BCUT2D eigenvalue weighted by Gasteiger charge is 2.56. The number of hydrogen-bond acceptors (Lipinski definition) is 5. The fraction of sp³-hybridized carbons (Fsp3) is 0.722. The molecule has 1 amide bonds. The number of methoxy groups -OCH3 is 1. The Morgan fingerprint density at radius 3 is 2.81 bits per heavy atom. The molecule has 0 aliphatic heterocycles. The molecule has 2 saturated carbocycles. The van der Waals surface area contributed by atoms with Gasteiger partial charge < -0.3 is 9.64 Å². The normalized spacial score (nSPS) is 27.5. The predicted octanol–water partition coefficient (Wildman–Crippen LogP) is 4.25. The lowest BCUT2D eigenvalue weighted by atomic mass is 9.77. The summed E-state index contributed by atoms with van der Waals surface area (Å²) in [5, 5.41) is 0. The largest absolute Gasteiger partial charge is 0.453 e. The number of thiophene rings is 1. The molecule has 1 aromatic rings. The average molecular weight is 435 g/mol. The first-order chi connectivity index (χ1) is 12.8. The van der Waals surface area contributed by atoms with Crippen molar-refractivity contribution < 1.29 is 17.9 Å². The first kappa shape index (κ1) is 20.9. The molecular weight excluding hydrogens is 408 g/mol. The van der Waals surface area contributed by atoms with Gasteiger partial charge in [-0.1, -0.05) is 31.4 Å². The first-order valence-corrected chi connectivity index (χ1v) is 12.1. The quantitative estimate of drug-likeness (QED) is 0.695. The maximum absolute atomic E-state index is 13.0. The standard InChI is InChI=1S/C18H27ClN2O4S2/c1-3-4-12-21(17(22)25-2)18-10-5-6-13(9-11-18)16(18)20-27(23,24)15-8-7-14(19)26-15/h7-8,13,16,20H,3-6,9-12H2,1-2H3/t13-,16-,18-/m0/s1. The van der Waals surface area contributed by atoms with Gasteiger partial charge in [0.05, 0.1) is 17.0 Å². The third kappa shape index (κ3) is 3.99. The molecule has 0 unspecified atom stereocenters. The van der Waals surface area contributed by atoms with Crippen molar-refractivity contribution in [2.75, 3.05) is 13.7 Å². The van der Waals surface area contributed by atoms with E-state index < -0.39 is 15.6 Å². The van der Waals surface area contributed by atoms with Gasteiger partial charge in [-0.15, -0.1) is 11.3 Å². The third-order valence-electron chi connectivity index (χ3n) is 5.95. The number of carbonyl (C=O) groups excluding carboxylic acids is 1. The number of halogens is 1. The Hall–Kier alpha value is -0.830. The summed E-state index contributed by atoms with van der Waals surface area (Å²) in [5.74, 6) is 0.234. The highest BCUT2D eigenvalue weighted by Crippen LogP contribution is 2.49. The topological polar surface area (TPSA) is 75.7 Å². The van der Waals surface area contributed by atoms with Crippen molar-refractivity contribution in [2.24, 2.45) is 5.92 Å². The summed E-state index contributed by atoms with van der Waals surface area (Å²) in [5.41, 5.74) is -0.515. The number of unbranched alkanes of at least 4 members (excludes halogenated alkanes) is 1. The zero-order chi connectivity index (χ0) is 19.7. The molecule has 2 aliphatic rings. The zero-order valence-corrected chi connectivity index (χ0v) is 18.1. The molecule has 2 bridgehead atoms. The van der Waals surface area contributed by atoms with Gasteiger partial charge in [-0.05, 0) is 50.2 Å². The molecule has 0 radical (unpaired) electrons. The van der Waals surface area contributed by atoms with Crippen LogP contribution in [-0.2, 0) is 14.8 Å². The fourth-order valence-electron chi connectivity index (χ4n) is 4.69. The van der Waals surface area contributed by atoms with E-state index in [2.05, 4.69) is 11.6 Å². The molecule has 0 spiro atoms. The number of ether oxygens (including phenoxy) is 1. The van der Waals surface area contributed by atoms with Crippen molar-refractivity contribution in [3.63, 3.8) is 0 Å². The number of amides is 1. The molecule has 9 heteroatoms. The van der Waals surface area contributed by atoms with Crippen LogP contribution in [0.4, 0.5) is 4.79 Å². The Bertz CT molecular complexity index is 778. The van der Waals surface area contributed by atoms with Crippen LogP contribution in [0, 0.1) is 5.92 Å². The second-order valence-corrected chi connectivity index (χ2v) is 11.1. The number of sulfonamides is 1. The van der Waals surface area contributed by atoms with Crippen molar-refractivity contribution in [3.05, 3.63) is 16.5 Å². The lowest BCUT2D eigenvalue weighted by Crippen LogP contribution is -2.64. The molecule has 0 saturated heterocycles. The fourth-order valence-corrected chi connectivity index (χ4v) is 7.57. The van der Waals surface area contributed by atoms with Crippen LogP contribution >= 0.6 is 22.9 Å². The molecule has 3 atom stereocenters. The molecule has 1 aromatic heterocycles. The molecule has 3 rings (SSSR count). The van der Waals surface area contributed by atoms with Gasteiger partial charge in [0.1, 0.15) is 4.21 Å². The minimum atomic E-state index is -3.68. The van der Waals surface area contributed by atoms with Crippen molar-refractivity contribution in [1.82, 2.24) is 9.62 Å². The Morgan fingerprint density at radius 2 is 2.19 bits per heavy atom. The van der Waals surface area contributed by atoms with E-state index in [-0.39, 0.29) is 22.3 Å². The van der Waals surface area contributed by atoms with Crippen LogP contribution in [0.3, 0.4) is 0 Å². The number of fused-ring (bicyclic) bond motifs is 2. The third-order valence-corrected chi connectivity index (χ3v) is 9.11. The molecule has 2 aliphatic carbocycles. The Morgan fingerprint density at radius 1 is 1.41 bits per heavy atom. The van der Waals surface area contributed by atoms with Gasteiger partial charge in [0.25, 0.3) is 0 Å². The molecule has 1 N–H and O–H groups in total. The average Bonchev–Trinajstić information content (AvgIpc) is 3.14.